The lowest BCUT2D eigenvalue weighted by molar-refractivity contribution is 0.431. The van der Waals surface area contributed by atoms with Gasteiger partial charge in [0.2, 0.25) is 0 Å². The van der Waals surface area contributed by atoms with E-state index >= 15 is 0 Å². The summed E-state index contributed by atoms with van der Waals surface area (Å²) in [5, 5.41) is 10.4. The third-order valence-corrected chi connectivity index (χ3v) is 3.86. The lowest BCUT2D eigenvalue weighted by atomic mass is 10.2. The van der Waals surface area contributed by atoms with Crippen molar-refractivity contribution in [3.63, 3.8) is 0 Å². The standard InChI is InChI=1S/C16H13NOS/c18-13-5-3-4-12(8-10-13)9-11-16-17-14-6-1-2-7-15(14)19-16/h1-2,4-11,18H,3H2/b11-9+. The molecule has 0 fully saturated rings. The summed E-state index contributed by atoms with van der Waals surface area (Å²) in [6.45, 7) is 0. The Kier molecular flexibility index (Phi) is 3.29. The van der Waals surface area contributed by atoms with E-state index in [2.05, 4.69) is 17.1 Å². The molecule has 94 valence electrons. The molecule has 1 aromatic carbocycles. The van der Waals surface area contributed by atoms with E-state index in [4.69, 9.17) is 0 Å². The molecular formula is C16H13NOS. The van der Waals surface area contributed by atoms with Crippen LogP contribution in [0.3, 0.4) is 0 Å². The molecule has 2 aromatic rings. The van der Waals surface area contributed by atoms with Crippen molar-refractivity contribution in [3.8, 4) is 0 Å². The minimum Gasteiger partial charge on any atom is -0.508 e. The zero-order valence-corrected chi connectivity index (χ0v) is 11.1. The van der Waals surface area contributed by atoms with Gasteiger partial charge in [-0.3, -0.25) is 0 Å². The Morgan fingerprint density at radius 1 is 1.11 bits per heavy atom. The number of allylic oxidation sites excluding steroid dienone is 6. The molecule has 0 amide bonds. The summed E-state index contributed by atoms with van der Waals surface area (Å²) in [5.74, 6) is 0.319. The number of hydrogen-bond donors (Lipinski definition) is 1. The van der Waals surface area contributed by atoms with Gasteiger partial charge in [0.1, 0.15) is 10.8 Å². The van der Waals surface area contributed by atoms with Crippen LogP contribution in [0.1, 0.15) is 11.4 Å². The van der Waals surface area contributed by atoms with Crippen LogP contribution in [0, 0.1) is 0 Å². The van der Waals surface area contributed by atoms with Gasteiger partial charge in [0, 0.05) is 0 Å². The van der Waals surface area contributed by atoms with Crippen molar-refractivity contribution >= 4 is 27.6 Å². The van der Waals surface area contributed by atoms with E-state index in [9.17, 15) is 5.11 Å². The van der Waals surface area contributed by atoms with Crippen LogP contribution >= 0.6 is 11.3 Å². The van der Waals surface area contributed by atoms with Gasteiger partial charge in [-0.15, -0.1) is 11.3 Å². The van der Waals surface area contributed by atoms with Crippen molar-refractivity contribution in [2.45, 2.75) is 6.42 Å². The normalized spacial score (nSPS) is 15.6. The summed E-state index contributed by atoms with van der Waals surface area (Å²) < 4.78 is 1.20. The van der Waals surface area contributed by atoms with Crippen LogP contribution in [0.4, 0.5) is 0 Å². The Morgan fingerprint density at radius 2 is 2.00 bits per heavy atom. The minimum absolute atomic E-state index is 0.319. The first-order chi connectivity index (χ1) is 9.31. The zero-order chi connectivity index (χ0) is 13.1. The Morgan fingerprint density at radius 3 is 2.89 bits per heavy atom. The van der Waals surface area contributed by atoms with Gasteiger partial charge >= 0.3 is 0 Å². The van der Waals surface area contributed by atoms with E-state index in [1.54, 1.807) is 23.5 Å². The number of hydrogen-bond acceptors (Lipinski definition) is 3. The van der Waals surface area contributed by atoms with Crippen molar-refractivity contribution in [1.82, 2.24) is 4.98 Å². The van der Waals surface area contributed by atoms with Gasteiger partial charge < -0.3 is 5.11 Å². The molecule has 1 aliphatic carbocycles. The molecule has 1 aliphatic rings. The smallest absolute Gasteiger partial charge is 0.117 e. The molecule has 0 unspecified atom stereocenters. The first-order valence-electron chi connectivity index (χ1n) is 6.12. The minimum atomic E-state index is 0.319. The third kappa shape index (κ3) is 2.83. The van der Waals surface area contributed by atoms with Gasteiger partial charge in [-0.25, -0.2) is 4.98 Å². The maximum Gasteiger partial charge on any atom is 0.117 e. The molecule has 0 saturated carbocycles. The molecule has 0 bridgehead atoms. The van der Waals surface area contributed by atoms with E-state index in [1.165, 1.54) is 4.70 Å². The van der Waals surface area contributed by atoms with Gasteiger partial charge in [-0.2, -0.15) is 0 Å². The van der Waals surface area contributed by atoms with E-state index in [0.717, 1.165) is 22.5 Å². The van der Waals surface area contributed by atoms with Crippen molar-refractivity contribution < 1.29 is 5.11 Å². The van der Waals surface area contributed by atoms with Crippen molar-refractivity contribution in [2.24, 2.45) is 0 Å². The Bertz CT molecular complexity index is 686. The maximum absolute atomic E-state index is 9.39. The zero-order valence-electron chi connectivity index (χ0n) is 10.3. The average Bonchev–Trinajstić information content (AvgIpc) is 2.72. The molecule has 1 aromatic heterocycles. The van der Waals surface area contributed by atoms with E-state index in [1.807, 2.05) is 36.4 Å². The molecule has 1 N–H and O–H groups in total. The highest BCUT2D eigenvalue weighted by Gasteiger charge is 2.00. The number of nitrogens with zero attached hydrogens (tertiary/aromatic N) is 1. The van der Waals surface area contributed by atoms with Crippen LogP contribution < -0.4 is 0 Å². The fourth-order valence-electron chi connectivity index (χ4n) is 1.89. The van der Waals surface area contributed by atoms with Gasteiger partial charge in [0.25, 0.3) is 0 Å². The van der Waals surface area contributed by atoms with Gasteiger partial charge in [-0.05, 0) is 42.4 Å². The summed E-state index contributed by atoms with van der Waals surface area (Å²) in [4.78, 5) is 4.55. The summed E-state index contributed by atoms with van der Waals surface area (Å²) in [7, 11) is 0. The lowest BCUT2D eigenvalue weighted by Crippen LogP contribution is -1.72. The second-order valence-corrected chi connectivity index (χ2v) is 5.32. The number of para-hydroxylation sites is 1. The van der Waals surface area contributed by atoms with E-state index in [-0.39, 0.29) is 0 Å². The van der Waals surface area contributed by atoms with Gasteiger partial charge in [0.15, 0.2) is 0 Å². The number of rotatable bonds is 2. The molecule has 19 heavy (non-hydrogen) atoms. The summed E-state index contributed by atoms with van der Waals surface area (Å²) >= 11 is 1.68. The van der Waals surface area contributed by atoms with Crippen LogP contribution in [0.25, 0.3) is 16.3 Å². The first-order valence-corrected chi connectivity index (χ1v) is 6.94. The number of fused-ring (bicyclic) bond motifs is 1. The molecular weight excluding hydrogens is 254 g/mol. The summed E-state index contributed by atoms with van der Waals surface area (Å²) in [6, 6.07) is 8.13. The SMILES string of the molecule is OC1=CCC=C(/C=C/c2nc3ccccc3s2)C=C1. The van der Waals surface area contributed by atoms with E-state index in [0.29, 0.717) is 5.76 Å². The molecule has 3 rings (SSSR count). The largest absolute Gasteiger partial charge is 0.508 e. The van der Waals surface area contributed by atoms with Gasteiger partial charge in [-0.1, -0.05) is 30.4 Å². The number of aromatic nitrogens is 1. The fraction of sp³-hybridized carbons (Fsp3) is 0.0625. The highest BCUT2D eigenvalue weighted by Crippen LogP contribution is 2.23. The van der Waals surface area contributed by atoms with Crippen LogP contribution in [-0.4, -0.2) is 10.1 Å². The molecule has 0 radical (unpaired) electrons. The second kappa shape index (κ2) is 5.24. The monoisotopic (exact) mass is 267 g/mol. The van der Waals surface area contributed by atoms with Crippen LogP contribution in [0.2, 0.25) is 0 Å². The highest BCUT2D eigenvalue weighted by atomic mass is 32.1. The second-order valence-electron chi connectivity index (χ2n) is 4.26. The Labute approximate surface area is 115 Å². The number of aliphatic hydroxyl groups excluding tert-OH is 1. The maximum atomic E-state index is 9.39. The summed E-state index contributed by atoms with van der Waals surface area (Å²) in [5.41, 5.74) is 2.12. The average molecular weight is 267 g/mol. The molecule has 0 spiro atoms. The molecule has 0 saturated heterocycles. The van der Waals surface area contributed by atoms with Crippen molar-refractivity contribution in [3.05, 3.63) is 71.0 Å². The Balaban J connectivity index is 1.83. The number of thiazole rings is 1. The van der Waals surface area contributed by atoms with Crippen LogP contribution in [-0.2, 0) is 0 Å². The third-order valence-electron chi connectivity index (χ3n) is 2.86. The lowest BCUT2D eigenvalue weighted by Gasteiger charge is -1.90. The molecule has 0 atom stereocenters. The van der Waals surface area contributed by atoms with Crippen molar-refractivity contribution in [2.75, 3.05) is 0 Å². The highest BCUT2D eigenvalue weighted by molar-refractivity contribution is 7.19. The predicted octanol–water partition coefficient (Wildman–Crippen LogP) is 4.64. The van der Waals surface area contributed by atoms with E-state index < -0.39 is 0 Å². The quantitative estimate of drug-likeness (QED) is 0.860. The number of benzene rings is 1. The van der Waals surface area contributed by atoms with Crippen LogP contribution in [0.15, 0.2) is 66.0 Å². The van der Waals surface area contributed by atoms with Crippen molar-refractivity contribution in [1.29, 1.82) is 0 Å². The predicted molar refractivity (Wildman–Crippen MR) is 81.2 cm³/mol. The number of aliphatic hydroxyl groups is 1. The molecule has 1 heterocycles. The fourth-order valence-corrected chi connectivity index (χ4v) is 2.76. The van der Waals surface area contributed by atoms with Gasteiger partial charge in [0.05, 0.1) is 10.2 Å². The molecule has 3 heteroatoms. The topological polar surface area (TPSA) is 33.1 Å². The Hall–Kier alpha value is -2.13. The van der Waals surface area contributed by atoms with Crippen LogP contribution in [0.5, 0.6) is 0 Å². The summed E-state index contributed by atoms with van der Waals surface area (Å²) in [6.07, 6.45) is 12.3. The first kappa shape index (κ1) is 11.9. The molecule has 2 nitrogen and oxygen atoms in total. The molecule has 0 aliphatic heterocycles.